The van der Waals surface area contributed by atoms with Crippen LogP contribution in [0.4, 0.5) is 8.78 Å². The van der Waals surface area contributed by atoms with E-state index in [-0.39, 0.29) is 29.8 Å². The van der Waals surface area contributed by atoms with Gasteiger partial charge in [-0.2, -0.15) is 0 Å². The number of benzene rings is 1. The van der Waals surface area contributed by atoms with Crippen LogP contribution in [0.15, 0.2) is 12.1 Å². The summed E-state index contributed by atoms with van der Waals surface area (Å²) in [5.74, 6) is -0.741. The van der Waals surface area contributed by atoms with Crippen LogP contribution in [0.1, 0.15) is 11.5 Å². The number of hydrogen-bond acceptors (Lipinski definition) is 3. The normalized spacial score (nSPS) is 33.3. The molecule has 1 aromatic carbocycles. The van der Waals surface area contributed by atoms with Crippen LogP contribution in [0.25, 0.3) is 0 Å². The van der Waals surface area contributed by atoms with Gasteiger partial charge in [-0.05, 0) is 18.1 Å². The molecule has 3 nitrogen and oxygen atoms in total. The number of methoxy groups -OCH3 is 2. The quantitative estimate of drug-likeness (QED) is 0.830. The molecule has 0 aromatic heterocycles. The highest BCUT2D eigenvalue weighted by atomic mass is 19.1. The molecule has 1 aromatic rings. The van der Waals surface area contributed by atoms with Gasteiger partial charge in [0, 0.05) is 24.5 Å². The molecule has 98 valence electrons. The van der Waals surface area contributed by atoms with Crippen LogP contribution in [0, 0.1) is 23.5 Å². The highest BCUT2D eigenvalue weighted by Gasteiger charge is 2.62. The van der Waals surface area contributed by atoms with Crippen molar-refractivity contribution < 1.29 is 23.0 Å². The largest absolute Gasteiger partial charge is 0.493 e. The van der Waals surface area contributed by atoms with Gasteiger partial charge >= 0.3 is 0 Å². The first-order valence-electron chi connectivity index (χ1n) is 5.85. The molecule has 0 amide bonds. The molecule has 2 aliphatic rings. The summed E-state index contributed by atoms with van der Waals surface area (Å²) in [6.07, 6.45) is -0.327. The standard InChI is InChI=1S/C13H14F2O3/c1-16-12-8(15)4-3-7(14)11(12)9-6-5-18-13(17-2)10(6)9/h3-4,6,9-10,13H,5H2,1-2H3. The molecule has 18 heavy (non-hydrogen) atoms. The van der Waals surface area contributed by atoms with E-state index in [0.29, 0.717) is 12.2 Å². The van der Waals surface area contributed by atoms with Crippen LogP contribution in [-0.4, -0.2) is 27.1 Å². The molecule has 3 rings (SSSR count). The highest BCUT2D eigenvalue weighted by Crippen LogP contribution is 2.62. The zero-order chi connectivity index (χ0) is 12.9. The molecule has 1 aliphatic carbocycles. The van der Waals surface area contributed by atoms with Gasteiger partial charge in [-0.1, -0.05) is 0 Å². The monoisotopic (exact) mass is 256 g/mol. The predicted octanol–water partition coefficient (Wildman–Crippen LogP) is 2.31. The average Bonchev–Trinajstić information content (AvgIpc) is 2.91. The lowest BCUT2D eigenvalue weighted by Gasteiger charge is -2.16. The first kappa shape index (κ1) is 11.9. The van der Waals surface area contributed by atoms with Gasteiger partial charge in [0.25, 0.3) is 0 Å². The minimum absolute atomic E-state index is 0.00394. The van der Waals surface area contributed by atoms with Crippen molar-refractivity contribution in [1.82, 2.24) is 0 Å². The number of hydrogen-bond donors (Lipinski definition) is 0. The van der Waals surface area contributed by atoms with Crippen molar-refractivity contribution in [3.63, 3.8) is 0 Å². The van der Waals surface area contributed by atoms with Crippen molar-refractivity contribution in [3.8, 4) is 5.75 Å². The number of halogens is 2. The number of fused-ring (bicyclic) bond motifs is 1. The molecule has 0 radical (unpaired) electrons. The van der Waals surface area contributed by atoms with Crippen molar-refractivity contribution in [2.24, 2.45) is 11.8 Å². The fraction of sp³-hybridized carbons (Fsp3) is 0.538. The van der Waals surface area contributed by atoms with E-state index >= 15 is 0 Å². The maximum atomic E-state index is 13.9. The second-order valence-corrected chi connectivity index (χ2v) is 4.68. The Bertz CT molecular complexity index is 478. The van der Waals surface area contributed by atoms with Gasteiger partial charge in [-0.15, -0.1) is 0 Å². The molecule has 0 spiro atoms. The Morgan fingerprint density at radius 2 is 1.94 bits per heavy atom. The van der Waals surface area contributed by atoms with Crippen molar-refractivity contribution in [3.05, 3.63) is 29.3 Å². The summed E-state index contributed by atoms with van der Waals surface area (Å²) in [7, 11) is 2.91. The SMILES string of the molecule is COc1c(F)ccc(F)c1C1C2COC(OC)C21. The van der Waals surface area contributed by atoms with Gasteiger partial charge in [0.2, 0.25) is 0 Å². The topological polar surface area (TPSA) is 27.7 Å². The summed E-state index contributed by atoms with van der Waals surface area (Å²) in [5.41, 5.74) is 0.317. The molecule has 1 saturated carbocycles. The molecule has 2 fully saturated rings. The molecule has 1 aliphatic heterocycles. The van der Waals surface area contributed by atoms with Crippen molar-refractivity contribution >= 4 is 0 Å². The van der Waals surface area contributed by atoms with Crippen LogP contribution in [-0.2, 0) is 9.47 Å². The zero-order valence-electron chi connectivity index (χ0n) is 10.2. The number of ether oxygens (including phenoxy) is 3. The third-order valence-corrected chi connectivity index (χ3v) is 3.86. The van der Waals surface area contributed by atoms with Crippen molar-refractivity contribution in [1.29, 1.82) is 0 Å². The summed E-state index contributed by atoms with van der Waals surface area (Å²) in [6, 6.07) is 2.23. The molecule has 0 bridgehead atoms. The van der Waals surface area contributed by atoms with Crippen LogP contribution in [0.5, 0.6) is 5.75 Å². The lowest BCUT2D eigenvalue weighted by molar-refractivity contribution is -0.111. The Balaban J connectivity index is 1.97. The van der Waals surface area contributed by atoms with Crippen LogP contribution < -0.4 is 4.74 Å². The highest BCUT2D eigenvalue weighted by molar-refractivity contribution is 5.44. The third kappa shape index (κ3) is 1.54. The summed E-state index contributed by atoms with van der Waals surface area (Å²) in [4.78, 5) is 0. The maximum absolute atomic E-state index is 13.9. The van der Waals surface area contributed by atoms with E-state index in [2.05, 4.69) is 0 Å². The van der Waals surface area contributed by atoms with Gasteiger partial charge in [0.15, 0.2) is 17.9 Å². The molecular weight excluding hydrogens is 242 g/mol. The van der Waals surface area contributed by atoms with E-state index in [1.807, 2.05) is 0 Å². The molecule has 1 saturated heterocycles. The van der Waals surface area contributed by atoms with Crippen LogP contribution >= 0.6 is 0 Å². The minimum Gasteiger partial charge on any atom is -0.493 e. The van der Waals surface area contributed by atoms with E-state index in [0.717, 1.165) is 12.1 Å². The summed E-state index contributed by atoms with van der Waals surface area (Å²) >= 11 is 0. The van der Waals surface area contributed by atoms with Gasteiger partial charge in [0.1, 0.15) is 5.82 Å². The molecule has 5 heteroatoms. The van der Waals surface area contributed by atoms with Crippen molar-refractivity contribution in [2.45, 2.75) is 12.2 Å². The van der Waals surface area contributed by atoms with Crippen LogP contribution in [0.3, 0.4) is 0 Å². The van der Waals surface area contributed by atoms with Gasteiger partial charge < -0.3 is 14.2 Å². The Hall–Kier alpha value is -1.20. The first-order valence-corrected chi connectivity index (χ1v) is 5.85. The Morgan fingerprint density at radius 3 is 2.61 bits per heavy atom. The van der Waals surface area contributed by atoms with Crippen molar-refractivity contribution in [2.75, 3.05) is 20.8 Å². The first-order chi connectivity index (χ1) is 8.69. The lowest BCUT2D eigenvalue weighted by Crippen LogP contribution is -2.16. The van der Waals surface area contributed by atoms with E-state index in [1.54, 1.807) is 7.11 Å². The second-order valence-electron chi connectivity index (χ2n) is 4.68. The summed E-state index contributed by atoms with van der Waals surface area (Å²) in [5, 5.41) is 0. The predicted molar refractivity (Wildman–Crippen MR) is 59.4 cm³/mol. The average molecular weight is 256 g/mol. The fourth-order valence-electron chi connectivity index (χ4n) is 3.00. The fourth-order valence-corrected chi connectivity index (χ4v) is 3.00. The van der Waals surface area contributed by atoms with Crippen LogP contribution in [0.2, 0.25) is 0 Å². The summed E-state index contributed by atoms with van der Waals surface area (Å²) in [6.45, 7) is 0.521. The van der Waals surface area contributed by atoms with Gasteiger partial charge in [0.05, 0.1) is 13.7 Å². The molecule has 1 heterocycles. The minimum atomic E-state index is -0.534. The zero-order valence-corrected chi connectivity index (χ0v) is 10.2. The summed E-state index contributed by atoms with van der Waals surface area (Å²) < 4.78 is 43.1. The number of rotatable bonds is 3. The second kappa shape index (κ2) is 4.17. The van der Waals surface area contributed by atoms with E-state index < -0.39 is 11.6 Å². The van der Waals surface area contributed by atoms with Gasteiger partial charge in [-0.3, -0.25) is 0 Å². The van der Waals surface area contributed by atoms with E-state index in [1.165, 1.54) is 7.11 Å². The molecule has 0 N–H and O–H groups in total. The lowest BCUT2D eigenvalue weighted by atomic mass is 10.0. The molecule has 4 atom stereocenters. The Kier molecular flexibility index (Phi) is 2.75. The smallest absolute Gasteiger partial charge is 0.165 e. The van der Waals surface area contributed by atoms with E-state index in [9.17, 15) is 8.78 Å². The Morgan fingerprint density at radius 1 is 1.22 bits per heavy atom. The Labute approximate surface area is 104 Å². The third-order valence-electron chi connectivity index (χ3n) is 3.86. The van der Waals surface area contributed by atoms with Gasteiger partial charge in [-0.25, -0.2) is 8.78 Å². The van der Waals surface area contributed by atoms with E-state index in [4.69, 9.17) is 14.2 Å². The maximum Gasteiger partial charge on any atom is 0.165 e. The molecular formula is C13H14F2O3. The molecule has 4 unspecified atom stereocenters.